The first-order chi connectivity index (χ1) is 17.8. The summed E-state index contributed by atoms with van der Waals surface area (Å²) >= 11 is 0. The summed E-state index contributed by atoms with van der Waals surface area (Å²) in [4.78, 5) is 31.1. The number of carboxylic acid groups (broad SMARTS) is 2. The highest BCUT2D eigenvalue weighted by Gasteiger charge is 2.15. The van der Waals surface area contributed by atoms with Crippen molar-refractivity contribution in [3.8, 4) is 0 Å². The van der Waals surface area contributed by atoms with E-state index in [4.69, 9.17) is 10.2 Å². The van der Waals surface area contributed by atoms with Gasteiger partial charge >= 0.3 is 11.9 Å². The second-order valence-electron chi connectivity index (χ2n) is 7.76. The molecule has 4 rings (SSSR count). The quantitative estimate of drug-likeness (QED) is 0.203. The Kier molecular flexibility index (Phi) is 11.9. The number of carbonyl (C=O) groups is 3. The van der Waals surface area contributed by atoms with Crippen LogP contribution in [0.25, 0.3) is 0 Å². The highest BCUT2D eigenvalue weighted by molar-refractivity contribution is 6.39. The van der Waals surface area contributed by atoms with Crippen molar-refractivity contribution in [3.63, 3.8) is 0 Å². The van der Waals surface area contributed by atoms with Crippen LogP contribution in [0, 0.1) is 0 Å². The highest BCUT2D eigenvalue weighted by Crippen LogP contribution is 2.25. The van der Waals surface area contributed by atoms with Crippen molar-refractivity contribution in [2.45, 2.75) is 18.6 Å². The van der Waals surface area contributed by atoms with Crippen LogP contribution in [-0.2, 0) is 4.79 Å². The summed E-state index contributed by atoms with van der Waals surface area (Å²) in [5.74, 6) is -3.17. The lowest BCUT2D eigenvalue weighted by Crippen LogP contribution is -2.12. The van der Waals surface area contributed by atoms with E-state index in [2.05, 4.69) is 0 Å². The number of hydrogen-bond acceptors (Lipinski definition) is 5. The molecule has 0 aliphatic carbocycles. The van der Waals surface area contributed by atoms with E-state index in [9.17, 15) is 24.6 Å². The summed E-state index contributed by atoms with van der Waals surface area (Å²) in [7, 11) is 0. The van der Waals surface area contributed by atoms with Gasteiger partial charge in [-0.25, -0.2) is 9.59 Å². The first-order valence-corrected chi connectivity index (χ1v) is 11.4. The molecule has 2 unspecified atom stereocenters. The molecule has 4 N–H and O–H groups in total. The number of ketones is 1. The largest absolute Gasteiger partial charge is 0.478 e. The summed E-state index contributed by atoms with van der Waals surface area (Å²) in [5.41, 5.74) is 2.21. The summed E-state index contributed by atoms with van der Waals surface area (Å²) in [6, 6.07) is 35.0. The van der Waals surface area contributed by atoms with Gasteiger partial charge in [-0.15, -0.1) is 0 Å². The number of aliphatic carboxylic acids is 1. The predicted octanol–water partition coefficient (Wildman–Crippen LogP) is 5.18. The topological polar surface area (TPSA) is 132 Å². The fourth-order valence-corrected chi connectivity index (χ4v) is 3.13. The lowest BCUT2D eigenvalue weighted by Gasteiger charge is -2.16. The number of carboxylic acids is 2. The van der Waals surface area contributed by atoms with Gasteiger partial charge in [0.2, 0.25) is 0 Å². The monoisotopic (exact) mass is 500 g/mol. The second-order valence-corrected chi connectivity index (χ2v) is 7.76. The number of aliphatic hydroxyl groups excluding tert-OH is 2. The molecule has 0 heterocycles. The van der Waals surface area contributed by atoms with E-state index in [1.165, 1.54) is 12.1 Å². The van der Waals surface area contributed by atoms with Gasteiger partial charge in [-0.05, 0) is 23.3 Å². The van der Waals surface area contributed by atoms with Crippen LogP contribution in [0.3, 0.4) is 0 Å². The maximum Gasteiger partial charge on any atom is 0.377 e. The third-order valence-electron chi connectivity index (χ3n) is 5.07. The molecule has 0 fully saturated rings. The van der Waals surface area contributed by atoms with Crippen molar-refractivity contribution in [1.29, 1.82) is 0 Å². The number of aromatic carboxylic acids is 1. The first kappa shape index (κ1) is 28.6. The molecule has 0 spiro atoms. The van der Waals surface area contributed by atoms with Crippen LogP contribution in [0.15, 0.2) is 121 Å². The fourth-order valence-electron chi connectivity index (χ4n) is 3.13. The number of aliphatic hydroxyl groups is 2. The molecule has 0 saturated heterocycles. The zero-order valence-corrected chi connectivity index (χ0v) is 19.9. The molecular formula is C30H28O7. The number of Topliss-reactive ketones (excluding diaryl/α,β-unsaturated/α-hetero) is 1. The maximum absolute atomic E-state index is 10.7. The van der Waals surface area contributed by atoms with Crippen LogP contribution in [0.5, 0.6) is 0 Å². The predicted molar refractivity (Wildman–Crippen MR) is 139 cm³/mol. The fraction of sp³-hybridized carbons (Fsp3) is 0.100. The Hall–Kier alpha value is -4.59. The molecule has 4 aromatic carbocycles. The SMILES string of the molecule is O=C(O)C(=O)c1ccccc1.O=C(O)c1ccccc1.OC(CC(O)c1ccccc1)c1ccccc1. The number of benzene rings is 4. The van der Waals surface area contributed by atoms with Crippen LogP contribution in [0.4, 0.5) is 0 Å². The van der Waals surface area contributed by atoms with Gasteiger partial charge in [0, 0.05) is 12.0 Å². The summed E-state index contributed by atoms with van der Waals surface area (Å²) in [6.07, 6.45) is -0.952. The van der Waals surface area contributed by atoms with Crippen LogP contribution in [-0.4, -0.2) is 38.1 Å². The van der Waals surface area contributed by atoms with Gasteiger partial charge in [-0.1, -0.05) is 109 Å². The smallest absolute Gasteiger partial charge is 0.377 e. The molecule has 0 aliphatic heterocycles. The molecule has 7 heteroatoms. The molecule has 0 bridgehead atoms. The van der Waals surface area contributed by atoms with Crippen molar-refractivity contribution in [2.24, 2.45) is 0 Å². The minimum Gasteiger partial charge on any atom is -0.478 e. The van der Waals surface area contributed by atoms with Gasteiger partial charge < -0.3 is 20.4 Å². The van der Waals surface area contributed by atoms with Gasteiger partial charge in [0.05, 0.1) is 17.8 Å². The maximum atomic E-state index is 10.7. The van der Waals surface area contributed by atoms with Crippen molar-refractivity contribution < 1.29 is 34.8 Å². The third kappa shape index (κ3) is 10.3. The van der Waals surface area contributed by atoms with Crippen LogP contribution < -0.4 is 0 Å². The van der Waals surface area contributed by atoms with Crippen LogP contribution in [0.1, 0.15) is 50.5 Å². The zero-order valence-electron chi connectivity index (χ0n) is 19.9. The molecule has 0 aromatic heterocycles. The Bertz CT molecular complexity index is 1180. The van der Waals surface area contributed by atoms with E-state index >= 15 is 0 Å². The van der Waals surface area contributed by atoms with Gasteiger partial charge in [-0.2, -0.15) is 0 Å². The Labute approximate surface area is 214 Å². The molecule has 4 aromatic rings. The Morgan fingerprint density at radius 3 is 1.14 bits per heavy atom. The number of hydrogen-bond donors (Lipinski definition) is 4. The molecule has 37 heavy (non-hydrogen) atoms. The van der Waals surface area contributed by atoms with E-state index in [1.54, 1.807) is 48.5 Å². The van der Waals surface area contributed by atoms with Crippen LogP contribution >= 0.6 is 0 Å². The van der Waals surface area contributed by atoms with Crippen molar-refractivity contribution in [3.05, 3.63) is 144 Å². The van der Waals surface area contributed by atoms with E-state index in [0.29, 0.717) is 12.0 Å². The zero-order chi connectivity index (χ0) is 27.0. The molecular weight excluding hydrogens is 472 g/mol. The highest BCUT2D eigenvalue weighted by atomic mass is 16.4. The standard InChI is InChI=1S/C15H16O2.C8H6O3.C7H6O2/c16-14(12-7-3-1-4-8-12)11-15(17)13-9-5-2-6-10-13;9-7(8(10)11)6-4-2-1-3-5-6;8-7(9)6-4-2-1-3-5-6/h1-10,14-17H,11H2;1-5H,(H,10,11);1-5H,(H,8,9). The van der Waals surface area contributed by atoms with E-state index in [0.717, 1.165) is 11.1 Å². The lowest BCUT2D eigenvalue weighted by molar-refractivity contribution is -0.131. The molecule has 2 atom stereocenters. The minimum atomic E-state index is -1.42. The second kappa shape index (κ2) is 15.4. The van der Waals surface area contributed by atoms with E-state index in [-0.39, 0.29) is 5.56 Å². The molecule has 0 radical (unpaired) electrons. The van der Waals surface area contributed by atoms with Gasteiger partial charge in [0.1, 0.15) is 0 Å². The minimum absolute atomic E-state index is 0.208. The van der Waals surface area contributed by atoms with Crippen molar-refractivity contribution in [1.82, 2.24) is 0 Å². The Morgan fingerprint density at radius 2 is 0.838 bits per heavy atom. The molecule has 7 nitrogen and oxygen atoms in total. The molecule has 0 aliphatic rings. The number of rotatable bonds is 7. The normalized spacial score (nSPS) is 11.4. The Balaban J connectivity index is 0.000000208. The van der Waals surface area contributed by atoms with Crippen LogP contribution in [0.2, 0.25) is 0 Å². The summed E-state index contributed by atoms with van der Waals surface area (Å²) in [5, 5.41) is 36.7. The average Bonchev–Trinajstić information content (AvgIpc) is 2.95. The van der Waals surface area contributed by atoms with Crippen molar-refractivity contribution in [2.75, 3.05) is 0 Å². The van der Waals surface area contributed by atoms with Gasteiger partial charge in [-0.3, -0.25) is 4.79 Å². The molecule has 0 saturated carbocycles. The van der Waals surface area contributed by atoms with Gasteiger partial charge in [0.15, 0.2) is 0 Å². The van der Waals surface area contributed by atoms with Crippen molar-refractivity contribution >= 4 is 17.7 Å². The average molecular weight is 501 g/mol. The molecule has 0 amide bonds. The van der Waals surface area contributed by atoms with Gasteiger partial charge in [0.25, 0.3) is 5.78 Å². The lowest BCUT2D eigenvalue weighted by atomic mass is 9.99. The first-order valence-electron chi connectivity index (χ1n) is 11.4. The number of carbonyl (C=O) groups excluding carboxylic acids is 1. The van der Waals surface area contributed by atoms with E-state index < -0.39 is 29.9 Å². The Morgan fingerprint density at radius 1 is 0.514 bits per heavy atom. The molecule has 190 valence electrons. The summed E-state index contributed by atoms with van der Waals surface area (Å²) < 4.78 is 0. The third-order valence-corrected chi connectivity index (χ3v) is 5.07. The summed E-state index contributed by atoms with van der Waals surface area (Å²) in [6.45, 7) is 0. The van der Waals surface area contributed by atoms with E-state index in [1.807, 2.05) is 60.7 Å².